The minimum atomic E-state index is -0.126. The van der Waals surface area contributed by atoms with Crippen molar-refractivity contribution in [3.8, 4) is 0 Å². The van der Waals surface area contributed by atoms with Crippen LogP contribution in [0.15, 0.2) is 0 Å². The molecular formula is C15H32N2. The van der Waals surface area contributed by atoms with Crippen LogP contribution in [0, 0.1) is 11.3 Å². The van der Waals surface area contributed by atoms with Crippen molar-refractivity contribution in [2.24, 2.45) is 17.1 Å². The van der Waals surface area contributed by atoms with Gasteiger partial charge in [0.15, 0.2) is 0 Å². The first-order valence-electron chi connectivity index (χ1n) is 7.14. The summed E-state index contributed by atoms with van der Waals surface area (Å²) in [4.78, 5) is 2.55. The molecule has 1 aliphatic rings. The van der Waals surface area contributed by atoms with E-state index >= 15 is 0 Å². The Morgan fingerprint density at radius 2 is 1.65 bits per heavy atom. The normalized spacial score (nSPS) is 27.5. The molecule has 2 N–H and O–H groups in total. The van der Waals surface area contributed by atoms with E-state index in [-0.39, 0.29) is 11.0 Å². The fraction of sp³-hybridized carbons (Fsp3) is 1.00. The van der Waals surface area contributed by atoms with Crippen LogP contribution >= 0.6 is 0 Å². The first kappa shape index (κ1) is 15.0. The predicted octanol–water partition coefficient (Wildman–Crippen LogP) is 3.26. The van der Waals surface area contributed by atoms with Gasteiger partial charge in [-0.1, -0.05) is 33.6 Å². The lowest BCUT2D eigenvalue weighted by atomic mass is 9.74. The number of hydrogen-bond acceptors (Lipinski definition) is 2. The molecule has 0 aromatic rings. The molecule has 0 spiro atoms. The molecule has 0 aromatic heterocycles. The third kappa shape index (κ3) is 3.69. The van der Waals surface area contributed by atoms with Gasteiger partial charge in [0.1, 0.15) is 0 Å². The van der Waals surface area contributed by atoms with Gasteiger partial charge >= 0.3 is 0 Å². The van der Waals surface area contributed by atoms with Crippen molar-refractivity contribution >= 4 is 0 Å². The van der Waals surface area contributed by atoms with Gasteiger partial charge in [-0.15, -0.1) is 0 Å². The summed E-state index contributed by atoms with van der Waals surface area (Å²) in [6, 6.07) is 0.755. The van der Waals surface area contributed by atoms with Gasteiger partial charge in [0, 0.05) is 18.1 Å². The van der Waals surface area contributed by atoms with Gasteiger partial charge < -0.3 is 10.6 Å². The minimum Gasteiger partial charge on any atom is -0.325 e. The lowest BCUT2D eigenvalue weighted by Gasteiger charge is -2.45. The second-order valence-electron chi connectivity index (χ2n) is 7.35. The molecule has 2 nitrogen and oxygen atoms in total. The molecule has 1 fully saturated rings. The second-order valence-corrected chi connectivity index (χ2v) is 7.35. The van der Waals surface area contributed by atoms with Crippen LogP contribution in [0.25, 0.3) is 0 Å². The first-order valence-corrected chi connectivity index (χ1v) is 7.14. The molecule has 0 radical (unpaired) electrons. The summed E-state index contributed by atoms with van der Waals surface area (Å²) in [6.07, 6.45) is 5.56. The highest BCUT2D eigenvalue weighted by molar-refractivity contribution is 4.93. The van der Waals surface area contributed by atoms with Crippen LogP contribution in [0.3, 0.4) is 0 Å². The van der Waals surface area contributed by atoms with Crippen LogP contribution in [0.2, 0.25) is 0 Å². The fourth-order valence-corrected chi connectivity index (χ4v) is 2.90. The third-order valence-electron chi connectivity index (χ3n) is 5.02. The molecular weight excluding hydrogens is 208 g/mol. The van der Waals surface area contributed by atoms with Crippen molar-refractivity contribution in [2.75, 3.05) is 13.6 Å². The molecule has 1 saturated carbocycles. The highest BCUT2D eigenvalue weighted by Crippen LogP contribution is 2.33. The lowest BCUT2D eigenvalue weighted by molar-refractivity contribution is 0.0660. The van der Waals surface area contributed by atoms with E-state index in [2.05, 4.69) is 46.6 Å². The molecule has 0 aliphatic heterocycles. The van der Waals surface area contributed by atoms with Gasteiger partial charge in [0.25, 0.3) is 0 Å². The quantitative estimate of drug-likeness (QED) is 0.817. The molecule has 0 heterocycles. The van der Waals surface area contributed by atoms with Crippen LogP contribution in [0.4, 0.5) is 0 Å². The Hall–Kier alpha value is -0.0800. The molecule has 17 heavy (non-hydrogen) atoms. The van der Waals surface area contributed by atoms with Crippen LogP contribution in [0.1, 0.15) is 60.3 Å². The maximum Gasteiger partial charge on any atom is 0.0161 e. The average molecular weight is 240 g/mol. The van der Waals surface area contributed by atoms with Crippen molar-refractivity contribution < 1.29 is 0 Å². The van der Waals surface area contributed by atoms with Crippen molar-refractivity contribution in [3.63, 3.8) is 0 Å². The Morgan fingerprint density at radius 3 is 2.12 bits per heavy atom. The largest absolute Gasteiger partial charge is 0.325 e. The first-order chi connectivity index (χ1) is 7.65. The molecule has 2 heteroatoms. The van der Waals surface area contributed by atoms with E-state index in [1.165, 1.54) is 25.7 Å². The summed E-state index contributed by atoms with van der Waals surface area (Å²) < 4.78 is 0. The minimum absolute atomic E-state index is 0.126. The summed E-state index contributed by atoms with van der Waals surface area (Å²) in [5.74, 6) is 0.838. The average Bonchev–Trinajstić information content (AvgIpc) is 2.15. The fourth-order valence-electron chi connectivity index (χ4n) is 2.90. The molecule has 0 bridgehead atoms. The molecule has 2 atom stereocenters. The molecule has 0 aromatic carbocycles. The van der Waals surface area contributed by atoms with Gasteiger partial charge in [-0.25, -0.2) is 0 Å². The van der Waals surface area contributed by atoms with E-state index in [4.69, 9.17) is 5.73 Å². The summed E-state index contributed by atoms with van der Waals surface area (Å²) in [7, 11) is 2.28. The molecule has 0 amide bonds. The molecule has 2 unspecified atom stereocenters. The number of rotatable bonds is 4. The van der Waals surface area contributed by atoms with Gasteiger partial charge in [0.2, 0.25) is 0 Å². The van der Waals surface area contributed by atoms with Crippen LogP contribution in [-0.2, 0) is 0 Å². The van der Waals surface area contributed by atoms with Gasteiger partial charge in [0.05, 0.1) is 0 Å². The number of hydrogen-bond donors (Lipinski definition) is 1. The molecule has 1 rings (SSSR count). The molecule has 0 saturated heterocycles. The topological polar surface area (TPSA) is 29.3 Å². The van der Waals surface area contributed by atoms with Gasteiger partial charge in [-0.2, -0.15) is 0 Å². The Morgan fingerprint density at radius 1 is 1.12 bits per heavy atom. The zero-order valence-corrected chi connectivity index (χ0v) is 12.7. The van der Waals surface area contributed by atoms with Crippen molar-refractivity contribution in [1.29, 1.82) is 0 Å². The van der Waals surface area contributed by atoms with E-state index in [0.29, 0.717) is 0 Å². The van der Waals surface area contributed by atoms with Crippen molar-refractivity contribution in [2.45, 2.75) is 71.9 Å². The predicted molar refractivity (Wildman–Crippen MR) is 76.1 cm³/mol. The lowest BCUT2D eigenvalue weighted by Crippen LogP contribution is -2.54. The monoisotopic (exact) mass is 240 g/mol. The maximum atomic E-state index is 6.30. The molecule has 1 aliphatic carbocycles. The van der Waals surface area contributed by atoms with Crippen molar-refractivity contribution in [1.82, 2.24) is 4.90 Å². The Kier molecular flexibility index (Phi) is 4.65. The zero-order chi connectivity index (χ0) is 13.3. The number of nitrogens with zero attached hydrogens (tertiary/aromatic N) is 1. The standard InChI is InChI=1S/C15H32N2/c1-12-9-7-8-10-13(12)17(6)11-14(2,3)15(4,5)16/h12-13H,7-11,16H2,1-6H3. The summed E-state index contributed by atoms with van der Waals surface area (Å²) >= 11 is 0. The second kappa shape index (κ2) is 5.27. The third-order valence-corrected chi connectivity index (χ3v) is 5.02. The number of nitrogens with two attached hydrogens (primary N) is 1. The van der Waals surface area contributed by atoms with Gasteiger partial charge in [-0.05, 0) is 45.1 Å². The van der Waals surface area contributed by atoms with Crippen LogP contribution < -0.4 is 5.73 Å². The zero-order valence-electron chi connectivity index (χ0n) is 12.7. The summed E-state index contributed by atoms with van der Waals surface area (Å²) in [5.41, 5.74) is 6.32. The maximum absolute atomic E-state index is 6.30. The van der Waals surface area contributed by atoms with Crippen LogP contribution in [0.5, 0.6) is 0 Å². The highest BCUT2D eigenvalue weighted by Gasteiger charge is 2.36. The van der Waals surface area contributed by atoms with E-state index in [1.54, 1.807) is 0 Å². The highest BCUT2D eigenvalue weighted by atomic mass is 15.1. The van der Waals surface area contributed by atoms with Crippen LogP contribution in [-0.4, -0.2) is 30.1 Å². The van der Waals surface area contributed by atoms with Crippen molar-refractivity contribution in [3.05, 3.63) is 0 Å². The Labute approximate surface area is 108 Å². The smallest absolute Gasteiger partial charge is 0.0161 e. The Balaban J connectivity index is 2.61. The summed E-state index contributed by atoms with van der Waals surface area (Å²) in [6.45, 7) is 12.4. The Bertz CT molecular complexity index is 240. The van der Waals surface area contributed by atoms with E-state index < -0.39 is 0 Å². The summed E-state index contributed by atoms with van der Waals surface area (Å²) in [5, 5.41) is 0. The van der Waals surface area contributed by atoms with Gasteiger partial charge in [-0.3, -0.25) is 0 Å². The SMILES string of the molecule is CC1CCCCC1N(C)CC(C)(C)C(C)(C)N. The van der Waals surface area contributed by atoms with E-state index in [0.717, 1.165) is 18.5 Å². The van der Waals surface area contributed by atoms with E-state index in [1.807, 2.05) is 0 Å². The molecule has 102 valence electrons. The van der Waals surface area contributed by atoms with E-state index in [9.17, 15) is 0 Å².